The maximum absolute atomic E-state index is 13.4. The van der Waals surface area contributed by atoms with Crippen LogP contribution in [-0.4, -0.2) is 105 Å². The van der Waals surface area contributed by atoms with Crippen molar-refractivity contribution in [1.82, 2.24) is 24.2 Å². The standard InChI is InChI=1S/C53H53N6O8PS2/c1-62-41-24-20-39(21-25-41)53(38-18-10-5-11-19-38,40-22-26-42(63-2)27-23-40)66-43-32-44(67-68(58-28-12-13-29-58)70-31-30-69-52(61)37-16-8-4-9-17-37)47-51(65-45(43)33-64-47)59-35-56-46-48(54-34-55-49(46)59)57-50(60)36-14-6-3-7-15-36/h3-11,14-27,34-35,43-45,47,51H,12-13,28-33H2,1-2H3,(H,54,55,57,60)/t43?,44?,45?,47?,51-,68?/m1/s1. The number of imidazole rings is 1. The first-order valence-electron chi connectivity index (χ1n) is 23.3. The SMILES string of the molecule is COc1ccc(C(OC2CC(OP(SCCSC(=O)c3ccccc3)N3CCCC3)C3OCC2O[C@H]3n2cnc3c(NC(=O)c4ccccc4)ncnc32)(c2ccccc2)c2ccc(OC)cc2)cc1. The molecule has 4 aliphatic heterocycles. The highest BCUT2D eigenvalue weighted by Crippen LogP contribution is 2.58. The number of amides is 1. The fourth-order valence-electron chi connectivity index (χ4n) is 9.26. The van der Waals surface area contributed by atoms with E-state index >= 15 is 0 Å². The van der Waals surface area contributed by atoms with Crippen LogP contribution < -0.4 is 14.8 Å². The van der Waals surface area contributed by atoms with Gasteiger partial charge in [0.1, 0.15) is 35.6 Å². The summed E-state index contributed by atoms with van der Waals surface area (Å²) >= 11 is 3.09. The molecule has 0 saturated carbocycles. The molecule has 14 nitrogen and oxygen atoms in total. The molecule has 6 heterocycles. The number of thioether (sulfide) groups is 1. The Morgan fingerprint density at radius 2 is 1.36 bits per heavy atom. The van der Waals surface area contributed by atoms with Crippen LogP contribution in [0.15, 0.2) is 152 Å². The first-order valence-corrected chi connectivity index (χ1v) is 27.1. The van der Waals surface area contributed by atoms with Crippen LogP contribution in [0.25, 0.3) is 11.2 Å². The minimum Gasteiger partial charge on any atom is -0.497 e. The monoisotopic (exact) mass is 996 g/mol. The van der Waals surface area contributed by atoms with E-state index in [9.17, 15) is 9.59 Å². The first kappa shape index (κ1) is 48.0. The van der Waals surface area contributed by atoms with Gasteiger partial charge in [0.25, 0.3) is 5.91 Å². The van der Waals surface area contributed by atoms with E-state index in [4.69, 9.17) is 38.2 Å². The average molecular weight is 997 g/mol. The van der Waals surface area contributed by atoms with Gasteiger partial charge in [-0.05, 0) is 65.9 Å². The van der Waals surface area contributed by atoms with E-state index in [0.29, 0.717) is 40.2 Å². The number of fused-ring (bicyclic) bond motifs is 5. The number of carbonyl (C=O) groups excluding carboxylic acids is 2. The molecule has 1 N–H and O–H groups in total. The van der Waals surface area contributed by atoms with E-state index in [2.05, 4.69) is 27.1 Å². The molecule has 7 aromatic rings. The summed E-state index contributed by atoms with van der Waals surface area (Å²) in [5.41, 5.74) is 3.58. The van der Waals surface area contributed by atoms with E-state index in [1.165, 1.54) is 18.1 Å². The summed E-state index contributed by atoms with van der Waals surface area (Å²) in [6.07, 6.45) is 2.53. The summed E-state index contributed by atoms with van der Waals surface area (Å²) in [6.45, 7) is 2.04. The number of anilines is 1. The van der Waals surface area contributed by atoms with Gasteiger partial charge in [-0.15, -0.1) is 0 Å². The van der Waals surface area contributed by atoms with Crippen molar-refractivity contribution < 1.29 is 37.8 Å². The number of nitrogens with one attached hydrogen (secondary N) is 1. The highest BCUT2D eigenvalue weighted by molar-refractivity contribution is 8.53. The van der Waals surface area contributed by atoms with Gasteiger partial charge >= 0.3 is 0 Å². The molecule has 2 aromatic heterocycles. The van der Waals surface area contributed by atoms with Crippen LogP contribution in [0.1, 0.15) is 62.9 Å². The predicted octanol–water partition coefficient (Wildman–Crippen LogP) is 10.2. The molecule has 4 fully saturated rings. The molecular formula is C53H53N6O8PS2. The van der Waals surface area contributed by atoms with Gasteiger partial charge in [-0.3, -0.25) is 18.8 Å². The van der Waals surface area contributed by atoms with Crippen molar-refractivity contribution in [3.8, 4) is 11.5 Å². The Kier molecular flexibility index (Phi) is 15.2. The molecule has 5 aromatic carbocycles. The van der Waals surface area contributed by atoms with Crippen LogP contribution in [0.3, 0.4) is 0 Å². The third-order valence-electron chi connectivity index (χ3n) is 12.8. The highest BCUT2D eigenvalue weighted by atomic mass is 32.7. The molecule has 17 heteroatoms. The number of rotatable bonds is 18. The summed E-state index contributed by atoms with van der Waals surface area (Å²) in [5, 5.41) is 2.99. The van der Waals surface area contributed by atoms with E-state index in [1.807, 2.05) is 120 Å². The lowest BCUT2D eigenvalue weighted by molar-refractivity contribution is -0.233. The molecule has 70 heavy (non-hydrogen) atoms. The Morgan fingerprint density at radius 1 is 0.743 bits per heavy atom. The second-order valence-electron chi connectivity index (χ2n) is 17.0. The van der Waals surface area contributed by atoms with E-state index < -0.39 is 43.7 Å². The lowest BCUT2D eigenvalue weighted by Gasteiger charge is -2.41. The minimum absolute atomic E-state index is 0.0524. The molecule has 0 radical (unpaired) electrons. The number of benzene rings is 5. The Morgan fingerprint density at radius 3 is 2.00 bits per heavy atom. The van der Waals surface area contributed by atoms with Crippen molar-refractivity contribution >= 4 is 58.6 Å². The number of methoxy groups -OCH3 is 2. The van der Waals surface area contributed by atoms with Crippen LogP contribution in [0, 0.1) is 0 Å². The molecule has 0 aliphatic carbocycles. The number of hydrogen-bond acceptors (Lipinski definition) is 14. The number of nitrogens with zero attached hydrogens (tertiary/aromatic N) is 5. The number of aromatic nitrogens is 4. The van der Waals surface area contributed by atoms with Crippen molar-refractivity contribution in [2.45, 2.75) is 55.5 Å². The van der Waals surface area contributed by atoms with Crippen LogP contribution in [0.2, 0.25) is 0 Å². The molecular weight excluding hydrogens is 944 g/mol. The fraction of sp³-hybridized carbons (Fsp3) is 0.302. The van der Waals surface area contributed by atoms with Gasteiger partial charge in [0.05, 0.1) is 39.4 Å². The van der Waals surface area contributed by atoms with Gasteiger partial charge in [0.2, 0.25) is 5.12 Å². The average Bonchev–Trinajstić information content (AvgIpc) is 4.07. The maximum Gasteiger partial charge on any atom is 0.256 e. The largest absolute Gasteiger partial charge is 0.497 e. The molecule has 6 atom stereocenters. The summed E-state index contributed by atoms with van der Waals surface area (Å²) in [5.74, 6) is 2.73. The van der Waals surface area contributed by atoms with Gasteiger partial charge in [-0.1, -0.05) is 126 Å². The second kappa shape index (κ2) is 22.2. The van der Waals surface area contributed by atoms with E-state index in [1.54, 1.807) is 44.1 Å². The fourth-order valence-corrected chi connectivity index (χ4v) is 14.6. The van der Waals surface area contributed by atoms with Crippen LogP contribution in [-0.2, 0) is 24.3 Å². The van der Waals surface area contributed by atoms with Crippen molar-refractivity contribution in [2.24, 2.45) is 0 Å². The zero-order chi connectivity index (χ0) is 47.9. The molecule has 11 rings (SSSR count). The van der Waals surface area contributed by atoms with Crippen molar-refractivity contribution in [1.29, 1.82) is 0 Å². The topological polar surface area (TPSA) is 148 Å². The zero-order valence-electron chi connectivity index (χ0n) is 38.7. The lowest BCUT2D eigenvalue weighted by Crippen LogP contribution is -2.46. The van der Waals surface area contributed by atoms with Gasteiger partial charge in [0, 0.05) is 42.1 Å². The highest BCUT2D eigenvalue weighted by Gasteiger charge is 2.52. The van der Waals surface area contributed by atoms with E-state index in [-0.39, 0.29) is 23.4 Å². The normalized spacial score (nSPS) is 20.7. The van der Waals surface area contributed by atoms with Gasteiger partial charge in [-0.25, -0.2) is 15.0 Å². The van der Waals surface area contributed by atoms with Crippen LogP contribution >= 0.6 is 30.6 Å². The maximum atomic E-state index is 13.4. The quantitative estimate of drug-likeness (QED) is 0.0494. The Bertz CT molecular complexity index is 2800. The smallest absolute Gasteiger partial charge is 0.256 e. The summed E-state index contributed by atoms with van der Waals surface area (Å²) in [7, 11) is 2.08. The third kappa shape index (κ3) is 10.2. The summed E-state index contributed by atoms with van der Waals surface area (Å²) < 4.78 is 45.1. The van der Waals surface area contributed by atoms with Gasteiger partial charge in [-0.2, -0.15) is 0 Å². The lowest BCUT2D eigenvalue weighted by atomic mass is 9.79. The Balaban J connectivity index is 1.03. The van der Waals surface area contributed by atoms with Crippen molar-refractivity contribution in [3.63, 3.8) is 0 Å². The van der Waals surface area contributed by atoms with Crippen molar-refractivity contribution in [3.05, 3.63) is 180 Å². The number of carbonyl (C=O) groups is 2. The van der Waals surface area contributed by atoms with Gasteiger partial charge in [0.15, 0.2) is 30.7 Å². The van der Waals surface area contributed by atoms with Crippen LogP contribution in [0.4, 0.5) is 5.82 Å². The van der Waals surface area contributed by atoms with E-state index in [0.717, 1.165) is 54.1 Å². The first-order chi connectivity index (χ1) is 34.4. The molecule has 1 amide bonds. The minimum atomic E-state index is -1.23. The molecule has 4 saturated heterocycles. The third-order valence-corrected chi connectivity index (χ3v) is 18.0. The summed E-state index contributed by atoms with van der Waals surface area (Å²) in [6, 6.07) is 44.6. The van der Waals surface area contributed by atoms with Gasteiger partial charge < -0.3 is 33.5 Å². The zero-order valence-corrected chi connectivity index (χ0v) is 41.3. The van der Waals surface area contributed by atoms with Crippen molar-refractivity contribution in [2.75, 3.05) is 50.7 Å². The number of ether oxygens (including phenoxy) is 5. The molecule has 5 unspecified atom stereocenters. The second-order valence-corrected chi connectivity index (χ2v) is 21.7. The van der Waals surface area contributed by atoms with Crippen LogP contribution in [0.5, 0.6) is 11.5 Å². The number of hydrogen-bond donors (Lipinski definition) is 1. The molecule has 4 aliphatic rings. The summed E-state index contributed by atoms with van der Waals surface area (Å²) in [4.78, 5) is 40.4. The predicted molar refractivity (Wildman–Crippen MR) is 273 cm³/mol. The Labute approximate surface area is 416 Å². The molecule has 0 spiro atoms. The molecule has 2 bridgehead atoms. The molecule has 360 valence electrons. The Hall–Kier alpha value is -5.68.